The summed E-state index contributed by atoms with van der Waals surface area (Å²) in [6.45, 7) is 6.97. The van der Waals surface area contributed by atoms with Crippen molar-refractivity contribution in [3.63, 3.8) is 0 Å². The minimum Gasteiger partial charge on any atom is -0.493 e. The molecular formula is C30H41F2N3O3. The average molecular weight is 530 g/mol. The number of ether oxygens (including phenoxy) is 1. The normalized spacial score (nSPS) is 26.6. The minimum atomic E-state index is -2.30. The molecule has 2 fully saturated rings. The van der Waals surface area contributed by atoms with Gasteiger partial charge >= 0.3 is 0 Å². The molecule has 2 saturated heterocycles. The van der Waals surface area contributed by atoms with E-state index in [4.69, 9.17) is 10.5 Å². The first-order chi connectivity index (χ1) is 18.2. The van der Waals surface area contributed by atoms with E-state index in [0.29, 0.717) is 62.6 Å². The number of rotatable bonds is 10. The highest BCUT2D eigenvalue weighted by molar-refractivity contribution is 5.94. The van der Waals surface area contributed by atoms with Crippen LogP contribution >= 0.6 is 0 Å². The topological polar surface area (TPSA) is 75.9 Å². The predicted molar refractivity (Wildman–Crippen MR) is 144 cm³/mol. The molecule has 3 atom stereocenters. The Morgan fingerprint density at radius 2 is 1.76 bits per heavy atom. The van der Waals surface area contributed by atoms with E-state index in [-0.39, 0.29) is 0 Å². The first kappa shape index (κ1) is 28.3. The van der Waals surface area contributed by atoms with Crippen molar-refractivity contribution in [2.45, 2.75) is 75.7 Å². The summed E-state index contributed by atoms with van der Waals surface area (Å²) in [4.78, 5) is 28.6. The van der Waals surface area contributed by atoms with E-state index in [1.54, 1.807) is 24.3 Å². The van der Waals surface area contributed by atoms with Crippen LogP contribution in [-0.4, -0.2) is 71.8 Å². The summed E-state index contributed by atoms with van der Waals surface area (Å²) in [6.07, 6.45) is 10.3. The molecule has 208 valence electrons. The van der Waals surface area contributed by atoms with E-state index in [1.165, 1.54) is 17.1 Å². The number of hydrogen-bond acceptors (Lipinski definition) is 4. The molecule has 0 aromatic heterocycles. The van der Waals surface area contributed by atoms with Crippen molar-refractivity contribution in [2.24, 2.45) is 11.7 Å². The molecule has 0 spiro atoms. The van der Waals surface area contributed by atoms with Crippen LogP contribution < -0.4 is 10.5 Å². The molecular weight excluding hydrogens is 488 g/mol. The molecule has 8 heteroatoms. The van der Waals surface area contributed by atoms with Crippen LogP contribution in [0.2, 0.25) is 0 Å². The summed E-state index contributed by atoms with van der Waals surface area (Å²) >= 11 is 0. The van der Waals surface area contributed by atoms with Crippen molar-refractivity contribution < 1.29 is 23.1 Å². The molecule has 0 bridgehead atoms. The highest BCUT2D eigenvalue weighted by Crippen LogP contribution is 2.40. The number of primary amides is 1. The maximum atomic E-state index is 16.3. The fraction of sp³-hybridized carbons (Fsp3) is 0.600. The molecule has 6 nitrogen and oxygen atoms in total. The van der Waals surface area contributed by atoms with Gasteiger partial charge < -0.3 is 20.3 Å². The van der Waals surface area contributed by atoms with Crippen molar-refractivity contribution in [2.75, 3.05) is 32.8 Å². The third-order valence-corrected chi connectivity index (χ3v) is 8.58. The highest BCUT2D eigenvalue weighted by atomic mass is 19.1. The highest BCUT2D eigenvalue weighted by Gasteiger charge is 2.50. The Morgan fingerprint density at radius 1 is 1.08 bits per heavy atom. The molecule has 4 rings (SSSR count). The number of amides is 2. The van der Waals surface area contributed by atoms with Gasteiger partial charge in [0, 0.05) is 19.0 Å². The summed E-state index contributed by atoms with van der Waals surface area (Å²) in [5.74, 6) is -1.05. The zero-order valence-electron chi connectivity index (χ0n) is 22.6. The fourth-order valence-electron chi connectivity index (χ4n) is 5.87. The Kier molecular flexibility index (Phi) is 8.91. The number of likely N-dealkylation sites (tertiary alicyclic amines) is 2. The number of nitrogens with zero attached hydrogens (tertiary/aromatic N) is 2. The predicted octanol–water partition coefficient (Wildman–Crippen LogP) is 4.70. The lowest BCUT2D eigenvalue weighted by molar-refractivity contribution is -0.145. The van der Waals surface area contributed by atoms with Gasteiger partial charge in [-0.1, -0.05) is 44.2 Å². The lowest BCUT2D eigenvalue weighted by Gasteiger charge is -2.36. The van der Waals surface area contributed by atoms with Crippen LogP contribution in [0.25, 0.3) is 0 Å². The largest absolute Gasteiger partial charge is 0.493 e. The molecule has 3 aliphatic rings. The lowest BCUT2D eigenvalue weighted by Crippen LogP contribution is -2.53. The van der Waals surface area contributed by atoms with Crippen molar-refractivity contribution >= 4 is 11.8 Å². The standard InChI is InChI=1S/C30H41F2N3O3/c1-3-29(31,4-2)21-34-18-14-22(15-19-34)20-38-24-12-10-23(11-13-24)25-8-5-6-16-30(25,32)28(37)35-17-7-9-26(35)27(33)36/h5-6,8,10-13,16,22,25-26H,3-4,7,9,14-15,17-21H2,1-2H3,(H2,33,36). The van der Waals surface area contributed by atoms with Gasteiger partial charge in [0.05, 0.1) is 6.61 Å². The summed E-state index contributed by atoms with van der Waals surface area (Å²) in [7, 11) is 0. The van der Waals surface area contributed by atoms with E-state index in [9.17, 15) is 14.0 Å². The fourth-order valence-corrected chi connectivity index (χ4v) is 5.87. The zero-order chi connectivity index (χ0) is 27.3. The van der Waals surface area contributed by atoms with Crippen LogP contribution in [0, 0.1) is 5.92 Å². The van der Waals surface area contributed by atoms with Gasteiger partial charge in [-0.25, -0.2) is 8.78 Å². The Labute approximate surface area is 224 Å². The van der Waals surface area contributed by atoms with Crippen LogP contribution in [0.15, 0.2) is 48.6 Å². The smallest absolute Gasteiger partial charge is 0.265 e. The van der Waals surface area contributed by atoms with Gasteiger partial charge in [0.2, 0.25) is 11.6 Å². The second-order valence-corrected chi connectivity index (χ2v) is 11.0. The molecule has 0 radical (unpaired) electrons. The molecule has 3 unspecified atom stereocenters. The zero-order valence-corrected chi connectivity index (χ0v) is 22.6. The number of carbonyl (C=O) groups excluding carboxylic acids is 2. The average Bonchev–Trinajstić information content (AvgIpc) is 3.43. The van der Waals surface area contributed by atoms with Gasteiger partial charge in [-0.05, 0) is 81.3 Å². The molecule has 2 N–H and O–H groups in total. The Bertz CT molecular complexity index is 1030. The third kappa shape index (κ3) is 6.11. The van der Waals surface area contributed by atoms with E-state index in [0.717, 1.165) is 25.9 Å². The number of nitrogens with two attached hydrogens (primary N) is 1. The van der Waals surface area contributed by atoms with Gasteiger partial charge in [0.1, 0.15) is 17.5 Å². The first-order valence-electron chi connectivity index (χ1n) is 14.0. The summed E-state index contributed by atoms with van der Waals surface area (Å²) in [6, 6.07) is 6.43. The van der Waals surface area contributed by atoms with Gasteiger partial charge in [0.25, 0.3) is 5.91 Å². The number of allylic oxidation sites excluding steroid dienone is 3. The maximum Gasteiger partial charge on any atom is 0.265 e. The van der Waals surface area contributed by atoms with Crippen molar-refractivity contribution in [1.29, 1.82) is 0 Å². The molecule has 1 aliphatic carbocycles. The Balaban J connectivity index is 1.34. The molecule has 1 aromatic carbocycles. The number of carbonyl (C=O) groups is 2. The second kappa shape index (κ2) is 12.0. The van der Waals surface area contributed by atoms with E-state index in [1.807, 2.05) is 26.0 Å². The molecule has 38 heavy (non-hydrogen) atoms. The number of alkyl halides is 2. The number of hydrogen-bond donors (Lipinski definition) is 1. The minimum absolute atomic E-state index is 0.319. The Morgan fingerprint density at radius 3 is 2.39 bits per heavy atom. The quantitative estimate of drug-likeness (QED) is 0.477. The van der Waals surface area contributed by atoms with Crippen molar-refractivity contribution in [1.82, 2.24) is 9.80 Å². The molecule has 2 heterocycles. The van der Waals surface area contributed by atoms with Crippen molar-refractivity contribution in [3.05, 3.63) is 54.1 Å². The summed E-state index contributed by atoms with van der Waals surface area (Å²) < 4.78 is 37.1. The van der Waals surface area contributed by atoms with E-state index in [2.05, 4.69) is 4.90 Å². The molecule has 1 aromatic rings. The van der Waals surface area contributed by atoms with Gasteiger partial charge in [0.15, 0.2) is 0 Å². The van der Waals surface area contributed by atoms with Crippen LogP contribution in [0.1, 0.15) is 63.9 Å². The maximum absolute atomic E-state index is 16.3. The van der Waals surface area contributed by atoms with Crippen molar-refractivity contribution in [3.8, 4) is 5.75 Å². The van der Waals surface area contributed by atoms with Gasteiger partial charge in [-0.15, -0.1) is 0 Å². The van der Waals surface area contributed by atoms with Crippen LogP contribution in [0.5, 0.6) is 5.75 Å². The second-order valence-electron chi connectivity index (χ2n) is 11.0. The van der Waals surface area contributed by atoms with Crippen LogP contribution in [0.3, 0.4) is 0 Å². The first-order valence-corrected chi connectivity index (χ1v) is 14.0. The summed E-state index contributed by atoms with van der Waals surface area (Å²) in [5, 5.41) is 0. The van der Waals surface area contributed by atoms with E-state index < -0.39 is 35.1 Å². The summed E-state index contributed by atoms with van der Waals surface area (Å²) in [5.41, 5.74) is 2.72. The van der Waals surface area contributed by atoms with Crippen LogP contribution in [-0.2, 0) is 9.59 Å². The third-order valence-electron chi connectivity index (χ3n) is 8.58. The van der Waals surface area contributed by atoms with E-state index >= 15 is 4.39 Å². The number of benzene rings is 1. The molecule has 2 amide bonds. The number of piperidine rings is 1. The Hall–Kier alpha value is -2.74. The molecule has 2 aliphatic heterocycles. The van der Waals surface area contributed by atoms with Gasteiger partial charge in [-0.3, -0.25) is 9.59 Å². The lowest BCUT2D eigenvalue weighted by atomic mass is 9.79. The number of halogens is 2. The van der Waals surface area contributed by atoms with Crippen LogP contribution in [0.4, 0.5) is 8.78 Å². The monoisotopic (exact) mass is 529 g/mol. The SMILES string of the molecule is CCC(F)(CC)CN1CCC(COc2ccc(C3C=CC=CC3(F)C(=O)N3CCCC3C(N)=O)cc2)CC1. The molecule has 0 saturated carbocycles. The van der Waals surface area contributed by atoms with Gasteiger partial charge in [-0.2, -0.15) is 0 Å².